The van der Waals surface area contributed by atoms with Crippen molar-refractivity contribution in [3.63, 3.8) is 0 Å². The zero-order valence-corrected chi connectivity index (χ0v) is 13.4. The molecule has 0 spiro atoms. The van der Waals surface area contributed by atoms with E-state index in [1.54, 1.807) is 0 Å². The number of hydrogen-bond donors (Lipinski definition) is 1. The maximum atomic E-state index is 5.89. The molecular formula is C13H10BrClIN. The van der Waals surface area contributed by atoms with E-state index in [-0.39, 0.29) is 0 Å². The Morgan fingerprint density at radius 2 is 1.82 bits per heavy atom. The first-order valence-corrected chi connectivity index (χ1v) is 7.33. The van der Waals surface area contributed by atoms with Crippen molar-refractivity contribution in [2.45, 2.75) is 6.54 Å². The van der Waals surface area contributed by atoms with Crippen LogP contribution in [0.1, 0.15) is 5.56 Å². The molecule has 0 aromatic heterocycles. The van der Waals surface area contributed by atoms with Crippen LogP contribution in [0.4, 0.5) is 5.69 Å². The highest BCUT2D eigenvalue weighted by Gasteiger charge is 2.00. The van der Waals surface area contributed by atoms with Gasteiger partial charge in [0.1, 0.15) is 0 Å². The maximum absolute atomic E-state index is 5.89. The van der Waals surface area contributed by atoms with Gasteiger partial charge >= 0.3 is 0 Å². The van der Waals surface area contributed by atoms with Gasteiger partial charge in [-0.25, -0.2) is 0 Å². The van der Waals surface area contributed by atoms with E-state index >= 15 is 0 Å². The van der Waals surface area contributed by atoms with E-state index in [2.05, 4.69) is 68.1 Å². The first-order valence-electron chi connectivity index (χ1n) is 5.08. The molecule has 1 N–H and O–H groups in total. The molecule has 0 radical (unpaired) electrons. The van der Waals surface area contributed by atoms with E-state index in [4.69, 9.17) is 11.6 Å². The van der Waals surface area contributed by atoms with Crippen molar-refractivity contribution in [1.82, 2.24) is 0 Å². The van der Waals surface area contributed by atoms with Gasteiger partial charge in [0.25, 0.3) is 0 Å². The molecule has 17 heavy (non-hydrogen) atoms. The minimum Gasteiger partial charge on any atom is -0.380 e. The van der Waals surface area contributed by atoms with Crippen LogP contribution in [0.15, 0.2) is 46.9 Å². The number of rotatable bonds is 3. The minimum absolute atomic E-state index is 0.733. The van der Waals surface area contributed by atoms with Crippen LogP contribution in [-0.4, -0.2) is 0 Å². The summed E-state index contributed by atoms with van der Waals surface area (Å²) in [5.74, 6) is 0. The SMILES string of the molecule is Clc1ccc(NCc2ccc(I)cc2)c(Br)c1. The Balaban J connectivity index is 2.04. The first kappa shape index (κ1) is 13.2. The monoisotopic (exact) mass is 421 g/mol. The summed E-state index contributed by atoms with van der Waals surface area (Å²) in [6.45, 7) is 0.803. The predicted molar refractivity (Wildman–Crippen MR) is 85.6 cm³/mol. The van der Waals surface area contributed by atoms with Crippen molar-refractivity contribution in [3.8, 4) is 0 Å². The molecule has 88 valence electrons. The van der Waals surface area contributed by atoms with Crippen LogP contribution in [0.5, 0.6) is 0 Å². The van der Waals surface area contributed by atoms with Crippen LogP contribution in [-0.2, 0) is 6.54 Å². The molecule has 0 unspecified atom stereocenters. The fraction of sp³-hybridized carbons (Fsp3) is 0.0769. The Labute approximate surface area is 128 Å². The lowest BCUT2D eigenvalue weighted by atomic mass is 10.2. The average molecular weight is 422 g/mol. The van der Waals surface area contributed by atoms with Crippen molar-refractivity contribution in [3.05, 3.63) is 61.1 Å². The van der Waals surface area contributed by atoms with E-state index < -0.39 is 0 Å². The van der Waals surface area contributed by atoms with Gasteiger partial charge in [0.2, 0.25) is 0 Å². The molecule has 0 fully saturated rings. The summed E-state index contributed by atoms with van der Waals surface area (Å²) in [4.78, 5) is 0. The van der Waals surface area contributed by atoms with Gasteiger partial charge < -0.3 is 5.32 Å². The van der Waals surface area contributed by atoms with E-state index in [0.717, 1.165) is 21.7 Å². The van der Waals surface area contributed by atoms with E-state index in [0.29, 0.717) is 0 Å². The molecule has 4 heteroatoms. The van der Waals surface area contributed by atoms with Crippen molar-refractivity contribution in [2.24, 2.45) is 0 Å². The summed E-state index contributed by atoms with van der Waals surface area (Å²) >= 11 is 11.7. The highest BCUT2D eigenvalue weighted by atomic mass is 127. The molecular weight excluding hydrogens is 412 g/mol. The summed E-state index contributed by atoms with van der Waals surface area (Å²) in [6, 6.07) is 14.2. The molecule has 0 heterocycles. The lowest BCUT2D eigenvalue weighted by Gasteiger charge is -2.09. The number of hydrogen-bond acceptors (Lipinski definition) is 1. The molecule has 0 aliphatic rings. The summed E-state index contributed by atoms with van der Waals surface area (Å²) in [5, 5.41) is 4.10. The topological polar surface area (TPSA) is 12.0 Å². The minimum atomic E-state index is 0.733. The summed E-state index contributed by atoms with van der Waals surface area (Å²) < 4.78 is 2.23. The van der Waals surface area contributed by atoms with Crippen molar-refractivity contribution >= 4 is 55.8 Å². The van der Waals surface area contributed by atoms with Gasteiger partial charge in [0.15, 0.2) is 0 Å². The first-order chi connectivity index (χ1) is 8.15. The van der Waals surface area contributed by atoms with Gasteiger partial charge in [-0.2, -0.15) is 0 Å². The lowest BCUT2D eigenvalue weighted by Crippen LogP contribution is -1.99. The van der Waals surface area contributed by atoms with E-state index in [9.17, 15) is 0 Å². The number of nitrogens with one attached hydrogen (secondary N) is 1. The Bertz CT molecular complexity index is 513. The Morgan fingerprint density at radius 3 is 2.47 bits per heavy atom. The highest BCUT2D eigenvalue weighted by molar-refractivity contribution is 14.1. The molecule has 0 atom stereocenters. The van der Waals surface area contributed by atoms with Crippen molar-refractivity contribution < 1.29 is 0 Å². The molecule has 2 aromatic carbocycles. The van der Waals surface area contributed by atoms with Crippen LogP contribution >= 0.6 is 50.1 Å². The van der Waals surface area contributed by atoms with Gasteiger partial charge in [-0.05, 0) is 74.4 Å². The van der Waals surface area contributed by atoms with Crippen LogP contribution in [0.3, 0.4) is 0 Å². The second kappa shape index (κ2) is 6.07. The molecule has 0 saturated carbocycles. The lowest BCUT2D eigenvalue weighted by molar-refractivity contribution is 1.14. The Kier molecular flexibility index (Phi) is 4.70. The molecule has 0 amide bonds. The van der Waals surface area contributed by atoms with Gasteiger partial charge in [0, 0.05) is 25.3 Å². The zero-order valence-electron chi connectivity index (χ0n) is 8.88. The van der Waals surface area contributed by atoms with E-state index in [1.807, 2.05) is 18.2 Å². The van der Waals surface area contributed by atoms with Gasteiger partial charge in [-0.15, -0.1) is 0 Å². The second-order valence-corrected chi connectivity index (χ2v) is 6.14. The molecule has 2 aromatic rings. The third-order valence-corrected chi connectivity index (χ3v) is 3.94. The van der Waals surface area contributed by atoms with Gasteiger partial charge in [-0.3, -0.25) is 0 Å². The fourth-order valence-electron chi connectivity index (χ4n) is 1.43. The zero-order chi connectivity index (χ0) is 12.3. The molecule has 0 aliphatic heterocycles. The Morgan fingerprint density at radius 1 is 1.12 bits per heavy atom. The number of benzene rings is 2. The normalized spacial score (nSPS) is 10.3. The van der Waals surface area contributed by atoms with Crippen LogP contribution in [0, 0.1) is 3.57 Å². The number of anilines is 1. The quantitative estimate of drug-likeness (QED) is 0.661. The van der Waals surface area contributed by atoms with Crippen LogP contribution in [0.2, 0.25) is 5.02 Å². The molecule has 0 aliphatic carbocycles. The second-order valence-electron chi connectivity index (χ2n) is 3.60. The van der Waals surface area contributed by atoms with Crippen molar-refractivity contribution in [1.29, 1.82) is 0 Å². The predicted octanol–water partition coefficient (Wildman–Crippen LogP) is 5.32. The van der Waals surface area contributed by atoms with Crippen LogP contribution < -0.4 is 5.32 Å². The fourth-order valence-corrected chi connectivity index (χ4v) is 2.61. The third-order valence-electron chi connectivity index (χ3n) is 2.33. The average Bonchev–Trinajstić information content (AvgIpc) is 2.30. The van der Waals surface area contributed by atoms with Crippen molar-refractivity contribution in [2.75, 3.05) is 5.32 Å². The molecule has 2 rings (SSSR count). The van der Waals surface area contributed by atoms with Gasteiger partial charge in [0.05, 0.1) is 0 Å². The smallest absolute Gasteiger partial charge is 0.0488 e. The maximum Gasteiger partial charge on any atom is 0.0488 e. The molecule has 1 nitrogen and oxygen atoms in total. The van der Waals surface area contributed by atoms with Crippen LogP contribution in [0.25, 0.3) is 0 Å². The molecule has 0 bridgehead atoms. The largest absolute Gasteiger partial charge is 0.380 e. The summed E-state index contributed by atoms with van der Waals surface area (Å²) in [5.41, 5.74) is 2.31. The molecule has 0 saturated heterocycles. The summed E-state index contributed by atoms with van der Waals surface area (Å²) in [7, 11) is 0. The van der Waals surface area contributed by atoms with Gasteiger partial charge in [-0.1, -0.05) is 23.7 Å². The standard InChI is InChI=1S/C13H10BrClIN/c14-12-7-10(15)3-6-13(12)17-8-9-1-4-11(16)5-2-9/h1-7,17H,8H2. The highest BCUT2D eigenvalue weighted by Crippen LogP contribution is 2.26. The summed E-state index contributed by atoms with van der Waals surface area (Å²) in [6.07, 6.45) is 0. The van der Waals surface area contributed by atoms with E-state index in [1.165, 1.54) is 9.13 Å². The Hall–Kier alpha value is -0.260. The number of halogens is 3. The third kappa shape index (κ3) is 3.86.